The van der Waals surface area contributed by atoms with Crippen LogP contribution in [0, 0.1) is 11.8 Å². The summed E-state index contributed by atoms with van der Waals surface area (Å²) in [7, 11) is 0. The van der Waals surface area contributed by atoms with Gasteiger partial charge in [0.2, 0.25) is 5.91 Å². The van der Waals surface area contributed by atoms with Crippen LogP contribution in [0.1, 0.15) is 19.4 Å². The number of hydrogen-bond acceptors (Lipinski definition) is 5. The third kappa shape index (κ3) is 4.47. The van der Waals surface area contributed by atoms with Crippen LogP contribution >= 0.6 is 12.4 Å². The molecule has 6 nitrogen and oxygen atoms in total. The van der Waals surface area contributed by atoms with Gasteiger partial charge in [0.05, 0.1) is 18.1 Å². The summed E-state index contributed by atoms with van der Waals surface area (Å²) in [6.07, 6.45) is -1.33. The summed E-state index contributed by atoms with van der Waals surface area (Å²) >= 11 is 0. The molecule has 1 aliphatic rings. The Morgan fingerprint density at radius 1 is 1.38 bits per heavy atom. The molecule has 1 fully saturated rings. The number of benzene rings is 1. The van der Waals surface area contributed by atoms with Crippen molar-refractivity contribution < 1.29 is 19.4 Å². The van der Waals surface area contributed by atoms with Gasteiger partial charge in [0, 0.05) is 6.54 Å². The zero-order chi connectivity index (χ0) is 17.0. The minimum Gasteiger partial charge on any atom is -0.447 e. The molecule has 0 bridgehead atoms. The van der Waals surface area contributed by atoms with Crippen molar-refractivity contribution >= 4 is 24.4 Å². The number of rotatable bonds is 6. The number of aliphatic hydroxyl groups excluding tert-OH is 1. The Balaban J connectivity index is 0.00000288. The average molecular weight is 357 g/mol. The second-order valence-electron chi connectivity index (χ2n) is 6.20. The van der Waals surface area contributed by atoms with E-state index in [-0.39, 0.29) is 37.5 Å². The van der Waals surface area contributed by atoms with Crippen LogP contribution < -0.4 is 5.73 Å². The summed E-state index contributed by atoms with van der Waals surface area (Å²) < 4.78 is 5.03. The second kappa shape index (κ2) is 9.01. The van der Waals surface area contributed by atoms with Gasteiger partial charge >= 0.3 is 6.09 Å². The minimum absolute atomic E-state index is 0. The van der Waals surface area contributed by atoms with E-state index in [2.05, 4.69) is 0 Å². The van der Waals surface area contributed by atoms with E-state index in [1.807, 2.05) is 44.2 Å². The van der Waals surface area contributed by atoms with E-state index in [9.17, 15) is 14.7 Å². The van der Waals surface area contributed by atoms with E-state index in [0.717, 1.165) is 10.5 Å². The van der Waals surface area contributed by atoms with Crippen molar-refractivity contribution in [3.05, 3.63) is 35.9 Å². The average Bonchev–Trinajstić information content (AvgIpc) is 2.94. The molecule has 1 saturated heterocycles. The first-order valence-electron chi connectivity index (χ1n) is 7.87. The first-order chi connectivity index (χ1) is 11.0. The molecule has 2 rings (SSSR count). The van der Waals surface area contributed by atoms with Crippen LogP contribution in [0.15, 0.2) is 30.3 Å². The molecule has 0 spiro atoms. The van der Waals surface area contributed by atoms with E-state index in [1.54, 1.807) is 0 Å². The summed E-state index contributed by atoms with van der Waals surface area (Å²) in [5.41, 5.74) is 6.46. The Labute approximate surface area is 148 Å². The summed E-state index contributed by atoms with van der Waals surface area (Å²) in [6.45, 7) is 4.01. The molecule has 2 amide bonds. The van der Waals surface area contributed by atoms with Crippen LogP contribution in [-0.2, 0) is 16.0 Å². The van der Waals surface area contributed by atoms with Crippen molar-refractivity contribution in [2.75, 3.05) is 13.2 Å². The van der Waals surface area contributed by atoms with Crippen LogP contribution in [0.3, 0.4) is 0 Å². The van der Waals surface area contributed by atoms with Crippen molar-refractivity contribution in [1.29, 1.82) is 0 Å². The molecule has 1 aromatic rings. The zero-order valence-corrected chi connectivity index (χ0v) is 14.7. The minimum atomic E-state index is -1.01. The van der Waals surface area contributed by atoms with Gasteiger partial charge in [-0.1, -0.05) is 44.2 Å². The van der Waals surface area contributed by atoms with Gasteiger partial charge in [0.15, 0.2) is 0 Å². The molecule has 0 saturated carbocycles. The summed E-state index contributed by atoms with van der Waals surface area (Å²) in [4.78, 5) is 26.0. The molecular weight excluding hydrogens is 332 g/mol. The molecule has 7 heteroatoms. The maximum absolute atomic E-state index is 12.9. The van der Waals surface area contributed by atoms with Crippen LogP contribution in [-0.4, -0.2) is 47.3 Å². The van der Waals surface area contributed by atoms with Gasteiger partial charge < -0.3 is 15.6 Å². The van der Waals surface area contributed by atoms with Crippen molar-refractivity contribution in [2.24, 2.45) is 17.6 Å². The van der Waals surface area contributed by atoms with Gasteiger partial charge in [-0.05, 0) is 17.9 Å². The number of hydrogen-bond donors (Lipinski definition) is 2. The van der Waals surface area contributed by atoms with Gasteiger partial charge in [-0.15, -0.1) is 12.4 Å². The first kappa shape index (κ1) is 20.4. The molecule has 0 aliphatic carbocycles. The number of ether oxygens (including phenoxy) is 1. The van der Waals surface area contributed by atoms with Gasteiger partial charge in [-0.25, -0.2) is 9.69 Å². The Morgan fingerprint density at radius 2 is 2.00 bits per heavy atom. The molecule has 1 aromatic carbocycles. The number of amides is 2. The topological polar surface area (TPSA) is 92.9 Å². The molecule has 0 aromatic heterocycles. The van der Waals surface area contributed by atoms with Crippen LogP contribution in [0.25, 0.3) is 0 Å². The summed E-state index contributed by atoms with van der Waals surface area (Å²) in [5.74, 6) is -1.11. The lowest BCUT2D eigenvalue weighted by molar-refractivity contribution is -0.137. The van der Waals surface area contributed by atoms with Crippen molar-refractivity contribution in [2.45, 2.75) is 32.4 Å². The predicted octanol–water partition coefficient (Wildman–Crippen LogP) is 1.59. The van der Waals surface area contributed by atoms with Gasteiger partial charge in [-0.2, -0.15) is 0 Å². The van der Waals surface area contributed by atoms with E-state index in [1.165, 1.54) is 0 Å². The van der Waals surface area contributed by atoms with Gasteiger partial charge in [-0.3, -0.25) is 4.79 Å². The van der Waals surface area contributed by atoms with Crippen LogP contribution in [0.5, 0.6) is 0 Å². The monoisotopic (exact) mass is 356 g/mol. The first-order valence-corrected chi connectivity index (χ1v) is 7.87. The highest BCUT2D eigenvalue weighted by atomic mass is 35.5. The number of nitrogens with zero attached hydrogens (tertiary/aromatic N) is 1. The number of carbonyl (C=O) groups is 2. The number of aliphatic hydroxyl groups is 1. The quantitative estimate of drug-likeness (QED) is 0.807. The number of imide groups is 1. The largest absolute Gasteiger partial charge is 0.447 e. The van der Waals surface area contributed by atoms with E-state index >= 15 is 0 Å². The molecule has 134 valence electrons. The number of carbonyl (C=O) groups excluding carboxylic acids is 2. The van der Waals surface area contributed by atoms with Crippen LogP contribution in [0.4, 0.5) is 4.79 Å². The maximum Gasteiger partial charge on any atom is 0.416 e. The second-order valence-corrected chi connectivity index (χ2v) is 6.20. The SMILES string of the molecule is CC(C)[C@H]1COC(=O)N1C(=O)[C@@H](Cc1ccccc1)[C@H](O)CN.Cl. The predicted molar refractivity (Wildman–Crippen MR) is 92.8 cm³/mol. The molecular formula is C17H25ClN2O4. The Kier molecular flexibility index (Phi) is 7.66. The Bertz CT molecular complexity index is 553. The lowest BCUT2D eigenvalue weighted by Gasteiger charge is -2.29. The third-order valence-electron chi connectivity index (χ3n) is 4.23. The highest BCUT2D eigenvalue weighted by Gasteiger charge is 2.43. The summed E-state index contributed by atoms with van der Waals surface area (Å²) in [6, 6.07) is 9.07. The van der Waals surface area contributed by atoms with Crippen molar-refractivity contribution in [3.8, 4) is 0 Å². The Morgan fingerprint density at radius 3 is 2.54 bits per heavy atom. The fourth-order valence-corrected chi connectivity index (χ4v) is 2.78. The molecule has 3 atom stereocenters. The molecule has 3 N–H and O–H groups in total. The third-order valence-corrected chi connectivity index (χ3v) is 4.23. The normalized spacial score (nSPS) is 19.6. The number of cyclic esters (lactones) is 1. The standard InChI is InChI=1S/C17H24N2O4.ClH/c1-11(2)14-10-23-17(22)19(14)16(21)13(15(20)9-18)8-12-6-4-3-5-7-12;/h3-7,11,13-15,20H,8-10,18H2,1-2H3;1H/t13-,14+,15+;/m0./s1. The highest BCUT2D eigenvalue weighted by Crippen LogP contribution is 2.24. The van der Waals surface area contributed by atoms with Gasteiger partial charge in [0.1, 0.15) is 6.61 Å². The van der Waals surface area contributed by atoms with E-state index < -0.39 is 24.0 Å². The van der Waals surface area contributed by atoms with Crippen molar-refractivity contribution in [1.82, 2.24) is 4.90 Å². The Hall–Kier alpha value is -1.63. The number of nitrogens with two attached hydrogens (primary N) is 1. The molecule has 1 aliphatic heterocycles. The fraction of sp³-hybridized carbons (Fsp3) is 0.529. The maximum atomic E-state index is 12.9. The smallest absolute Gasteiger partial charge is 0.416 e. The number of halogens is 1. The summed E-state index contributed by atoms with van der Waals surface area (Å²) in [5, 5.41) is 10.2. The highest BCUT2D eigenvalue weighted by molar-refractivity contribution is 5.95. The van der Waals surface area contributed by atoms with Crippen LogP contribution in [0.2, 0.25) is 0 Å². The molecule has 0 radical (unpaired) electrons. The lowest BCUT2D eigenvalue weighted by Crippen LogP contribution is -2.49. The van der Waals surface area contributed by atoms with E-state index in [0.29, 0.717) is 6.42 Å². The molecule has 0 unspecified atom stereocenters. The van der Waals surface area contributed by atoms with Crippen molar-refractivity contribution in [3.63, 3.8) is 0 Å². The van der Waals surface area contributed by atoms with Gasteiger partial charge in [0.25, 0.3) is 0 Å². The lowest BCUT2D eigenvalue weighted by atomic mass is 9.91. The molecule has 1 heterocycles. The van der Waals surface area contributed by atoms with E-state index in [4.69, 9.17) is 10.5 Å². The molecule has 24 heavy (non-hydrogen) atoms. The zero-order valence-electron chi connectivity index (χ0n) is 13.9. The fourth-order valence-electron chi connectivity index (χ4n) is 2.78.